The maximum atomic E-state index is 13.1. The molecule has 0 spiro atoms. The number of nitrogens with zero attached hydrogens (tertiary/aromatic N) is 1. The lowest BCUT2D eigenvalue weighted by Crippen LogP contribution is -2.46. The fraction of sp³-hybridized carbons (Fsp3) is 0.866. The number of carbonyl (C=O) groups excluding carboxylic acids is 1. The van der Waals surface area contributed by atoms with Crippen molar-refractivity contribution in [2.75, 3.05) is 40.9 Å². The second kappa shape index (κ2) is 58.1. The van der Waals surface area contributed by atoms with Crippen molar-refractivity contribution in [1.82, 2.24) is 5.32 Å². The number of hydrogen-bond donors (Lipinski definition) is 3. The summed E-state index contributed by atoms with van der Waals surface area (Å²) in [5.74, 6) is -0.138. The molecule has 0 aromatic rings. The summed E-state index contributed by atoms with van der Waals surface area (Å²) < 4.78 is 23.9. The fourth-order valence-corrected chi connectivity index (χ4v) is 10.7. The predicted octanol–water partition coefficient (Wildman–Crippen LogP) is 20.7. The van der Waals surface area contributed by atoms with E-state index in [1.54, 1.807) is 0 Å². The first-order valence-electron chi connectivity index (χ1n) is 33.0. The summed E-state index contributed by atoms with van der Waals surface area (Å²) in [5, 5.41) is 14.1. The first-order chi connectivity index (χ1) is 37.0. The van der Waals surface area contributed by atoms with Gasteiger partial charge in [-0.3, -0.25) is 13.8 Å². The highest BCUT2D eigenvalue weighted by Gasteiger charge is 2.28. The number of likely N-dealkylation sites (N-methyl/N-ethyl adjacent to an activating group) is 1. The molecule has 0 radical (unpaired) electrons. The molecule has 0 aromatic carbocycles. The second-order valence-electron chi connectivity index (χ2n) is 23.8. The Labute approximate surface area is 473 Å². The van der Waals surface area contributed by atoms with Crippen molar-refractivity contribution in [2.24, 2.45) is 0 Å². The van der Waals surface area contributed by atoms with Crippen LogP contribution in [-0.4, -0.2) is 73.4 Å². The van der Waals surface area contributed by atoms with Gasteiger partial charge in [0.05, 0.1) is 39.9 Å². The average molecular weight is 1090 g/mol. The Hall–Kier alpha value is -1.54. The van der Waals surface area contributed by atoms with E-state index >= 15 is 0 Å². The maximum Gasteiger partial charge on any atom is 0.472 e. The number of nitrogens with one attached hydrogen (secondary N) is 1. The zero-order chi connectivity index (χ0) is 55.6. The molecular weight excluding hydrogens is 960 g/mol. The summed E-state index contributed by atoms with van der Waals surface area (Å²) in [6.45, 7) is 4.82. The van der Waals surface area contributed by atoms with E-state index < -0.39 is 20.0 Å². The summed E-state index contributed by atoms with van der Waals surface area (Å²) >= 11 is 0. The lowest BCUT2D eigenvalue weighted by Gasteiger charge is -2.26. The van der Waals surface area contributed by atoms with Crippen molar-refractivity contribution in [1.29, 1.82) is 0 Å². The number of hydrogen-bond acceptors (Lipinski definition) is 5. The average Bonchev–Trinajstić information content (AvgIpc) is 3.38. The van der Waals surface area contributed by atoms with E-state index in [-0.39, 0.29) is 19.1 Å². The van der Waals surface area contributed by atoms with E-state index in [1.165, 1.54) is 231 Å². The Balaban J connectivity index is 4.01. The minimum atomic E-state index is -4.33. The molecule has 0 fully saturated rings. The van der Waals surface area contributed by atoms with E-state index in [2.05, 4.69) is 67.8 Å². The monoisotopic (exact) mass is 1090 g/mol. The maximum absolute atomic E-state index is 13.1. The third-order valence-electron chi connectivity index (χ3n) is 15.1. The van der Waals surface area contributed by atoms with E-state index in [0.29, 0.717) is 23.9 Å². The van der Waals surface area contributed by atoms with Crippen LogP contribution < -0.4 is 5.32 Å². The lowest BCUT2D eigenvalue weighted by molar-refractivity contribution is -0.870. The van der Waals surface area contributed by atoms with E-state index in [9.17, 15) is 19.4 Å². The van der Waals surface area contributed by atoms with Gasteiger partial charge in [0.25, 0.3) is 0 Å². The number of amides is 1. The molecule has 3 N–H and O–H groups in total. The van der Waals surface area contributed by atoms with Gasteiger partial charge in [0.2, 0.25) is 5.91 Å². The number of rotatable bonds is 61. The number of phosphoric ester groups is 1. The van der Waals surface area contributed by atoms with Crippen LogP contribution in [0.15, 0.2) is 48.6 Å². The van der Waals surface area contributed by atoms with Gasteiger partial charge in [-0.2, -0.15) is 0 Å². The van der Waals surface area contributed by atoms with Crippen molar-refractivity contribution in [3.8, 4) is 0 Å². The molecule has 0 heterocycles. The number of aliphatic hydroxyl groups is 1. The van der Waals surface area contributed by atoms with Crippen molar-refractivity contribution in [2.45, 2.75) is 334 Å². The zero-order valence-electron chi connectivity index (χ0n) is 51.3. The molecule has 0 aliphatic carbocycles. The molecule has 3 atom stereocenters. The third kappa shape index (κ3) is 60.1. The number of unbranched alkanes of at least 4 members (excludes halogenated alkanes) is 40. The molecule has 1 amide bonds. The number of allylic oxidation sites excluding steroid dienone is 8. The molecule has 0 bridgehead atoms. The quantitative estimate of drug-likeness (QED) is 0.0243. The molecule has 0 rings (SSSR count). The van der Waals surface area contributed by atoms with Gasteiger partial charge in [-0.25, -0.2) is 4.57 Å². The van der Waals surface area contributed by atoms with E-state index in [4.69, 9.17) is 9.05 Å². The summed E-state index contributed by atoms with van der Waals surface area (Å²) in [6.07, 6.45) is 77.7. The molecule has 0 saturated carbocycles. The molecule has 76 heavy (non-hydrogen) atoms. The summed E-state index contributed by atoms with van der Waals surface area (Å²) in [6, 6.07) is -0.761. The number of phosphoric acid groups is 1. The summed E-state index contributed by atoms with van der Waals surface area (Å²) in [7, 11) is 1.63. The summed E-state index contributed by atoms with van der Waals surface area (Å²) in [5.41, 5.74) is 0. The van der Waals surface area contributed by atoms with Crippen molar-refractivity contribution in [3.63, 3.8) is 0 Å². The molecule has 9 heteroatoms. The van der Waals surface area contributed by atoms with Gasteiger partial charge in [-0.05, 0) is 51.4 Å². The van der Waals surface area contributed by atoms with Crippen LogP contribution in [0.5, 0.6) is 0 Å². The predicted molar refractivity (Wildman–Crippen MR) is 332 cm³/mol. The van der Waals surface area contributed by atoms with Crippen LogP contribution in [0, 0.1) is 0 Å². The number of aliphatic hydroxyl groups excluding tert-OH is 1. The Kier molecular flexibility index (Phi) is 56.9. The molecule has 448 valence electrons. The van der Waals surface area contributed by atoms with Gasteiger partial charge in [0.1, 0.15) is 13.2 Å². The van der Waals surface area contributed by atoms with Crippen LogP contribution in [-0.2, 0) is 18.4 Å². The Morgan fingerprint density at radius 2 is 0.789 bits per heavy atom. The standard InChI is InChI=1S/C67H129N2O6P/c1-6-8-10-12-14-16-18-20-22-24-26-28-29-30-31-32-33-34-35-36-37-38-39-41-43-45-47-49-51-53-55-57-59-61-67(71)68-65(64-75-76(72,73)74-63-62-69(3,4)5)66(70)60-58-56-54-52-50-48-46-44-42-40-27-25-23-21-19-17-15-13-11-9-7-2/h8,10,14,16,20,22,26,28,65-66,70H,6-7,9,11-13,15,17-19,21,23-25,27,29-64H2,1-5H3,(H-,68,71,72,73)/p+1/b10-8-,16-14-,22-20-,28-26-. The van der Waals surface area contributed by atoms with Gasteiger partial charge in [0.15, 0.2) is 0 Å². The third-order valence-corrected chi connectivity index (χ3v) is 16.1. The number of carbonyl (C=O) groups is 1. The Morgan fingerprint density at radius 1 is 0.461 bits per heavy atom. The highest BCUT2D eigenvalue weighted by atomic mass is 31.2. The molecule has 0 aliphatic heterocycles. The largest absolute Gasteiger partial charge is 0.472 e. The van der Waals surface area contributed by atoms with Crippen LogP contribution in [0.25, 0.3) is 0 Å². The smallest absolute Gasteiger partial charge is 0.391 e. The molecule has 8 nitrogen and oxygen atoms in total. The van der Waals surface area contributed by atoms with Crippen LogP contribution >= 0.6 is 7.82 Å². The minimum Gasteiger partial charge on any atom is -0.391 e. The fourth-order valence-electron chi connectivity index (χ4n) is 9.98. The lowest BCUT2D eigenvalue weighted by atomic mass is 10.0. The highest BCUT2D eigenvalue weighted by molar-refractivity contribution is 7.47. The van der Waals surface area contributed by atoms with Gasteiger partial charge in [0, 0.05) is 6.42 Å². The van der Waals surface area contributed by atoms with Gasteiger partial charge in [-0.15, -0.1) is 0 Å². The van der Waals surface area contributed by atoms with Gasteiger partial charge < -0.3 is 19.8 Å². The van der Waals surface area contributed by atoms with Crippen LogP contribution in [0.4, 0.5) is 0 Å². The first kappa shape index (κ1) is 74.5. The number of quaternary nitrogens is 1. The molecule has 0 aliphatic rings. The summed E-state index contributed by atoms with van der Waals surface area (Å²) in [4.78, 5) is 23.4. The van der Waals surface area contributed by atoms with Crippen molar-refractivity contribution < 1.29 is 32.9 Å². The van der Waals surface area contributed by atoms with Crippen LogP contribution in [0.3, 0.4) is 0 Å². The molecule has 0 saturated heterocycles. The Bertz CT molecular complexity index is 1380. The molecular formula is C67H130N2O6P+. The van der Waals surface area contributed by atoms with Gasteiger partial charge in [-0.1, -0.05) is 313 Å². The van der Waals surface area contributed by atoms with Crippen LogP contribution in [0.1, 0.15) is 322 Å². The highest BCUT2D eigenvalue weighted by Crippen LogP contribution is 2.43. The van der Waals surface area contributed by atoms with E-state index in [0.717, 1.165) is 64.2 Å². The van der Waals surface area contributed by atoms with Crippen molar-refractivity contribution in [3.05, 3.63) is 48.6 Å². The van der Waals surface area contributed by atoms with Crippen LogP contribution in [0.2, 0.25) is 0 Å². The topological polar surface area (TPSA) is 105 Å². The zero-order valence-corrected chi connectivity index (χ0v) is 52.2. The normalized spacial score (nSPS) is 14.0. The van der Waals surface area contributed by atoms with Gasteiger partial charge >= 0.3 is 7.82 Å². The molecule has 0 aromatic heterocycles. The first-order valence-corrected chi connectivity index (χ1v) is 34.5. The Morgan fingerprint density at radius 3 is 1.16 bits per heavy atom. The second-order valence-corrected chi connectivity index (χ2v) is 25.3. The molecule has 3 unspecified atom stereocenters. The minimum absolute atomic E-state index is 0.0762. The van der Waals surface area contributed by atoms with Crippen molar-refractivity contribution >= 4 is 13.7 Å². The SMILES string of the molecule is CC/C=C\C/C=C\C/C=C\C/C=C\CCCCCCCCCCCCCCCCCCCCCCC(=O)NC(COP(=O)(O)OCC[N+](C)(C)C)C(O)CCCCCCCCCCCCCCCCCCCCCCC. The van der Waals surface area contributed by atoms with E-state index in [1.807, 2.05) is 21.1 Å².